The molecule has 3 saturated heterocycles. The largest absolute Gasteiger partial charge is 0.331 e. The van der Waals surface area contributed by atoms with Crippen LogP contribution in [-0.4, -0.2) is 82.1 Å². The zero-order valence-electron chi connectivity index (χ0n) is 18.8. The number of aryl methyl sites for hydroxylation is 1. The summed E-state index contributed by atoms with van der Waals surface area (Å²) < 4.78 is 27.4. The molecular weight excluding hydrogens is 418 g/mol. The summed E-state index contributed by atoms with van der Waals surface area (Å²) in [6.07, 6.45) is 5.19. The van der Waals surface area contributed by atoms with Crippen LogP contribution < -0.4 is 0 Å². The van der Waals surface area contributed by atoms with Crippen LogP contribution in [-0.2, 0) is 28.4 Å². The van der Waals surface area contributed by atoms with E-state index in [0.29, 0.717) is 18.7 Å². The molecule has 0 bridgehead atoms. The number of carbonyl (C=O) groups is 2. The van der Waals surface area contributed by atoms with Crippen molar-refractivity contribution in [3.63, 3.8) is 0 Å². The molecule has 2 amide bonds. The lowest BCUT2D eigenvalue weighted by molar-refractivity contribution is -0.129. The minimum Gasteiger partial charge on any atom is -0.331 e. The van der Waals surface area contributed by atoms with Crippen LogP contribution in [0.15, 0.2) is 6.07 Å². The third-order valence-electron chi connectivity index (χ3n) is 6.96. The van der Waals surface area contributed by atoms with E-state index >= 15 is 0 Å². The first kappa shape index (κ1) is 22.3. The monoisotopic (exact) mass is 451 g/mol. The van der Waals surface area contributed by atoms with Gasteiger partial charge in [0.25, 0.3) is 5.91 Å². The van der Waals surface area contributed by atoms with E-state index in [2.05, 4.69) is 10.00 Å². The van der Waals surface area contributed by atoms with Gasteiger partial charge in [-0.1, -0.05) is 20.3 Å². The van der Waals surface area contributed by atoms with Gasteiger partial charge in [-0.15, -0.1) is 0 Å². The molecule has 0 N–H and O–H groups in total. The average Bonchev–Trinajstić information content (AvgIpc) is 3.33. The van der Waals surface area contributed by atoms with Gasteiger partial charge >= 0.3 is 0 Å². The highest BCUT2D eigenvalue weighted by molar-refractivity contribution is 7.88. The zero-order chi connectivity index (χ0) is 22.5. The molecular formula is C21H33N5O4S. The third-order valence-corrected chi connectivity index (χ3v) is 8.12. The predicted octanol–water partition coefficient (Wildman–Crippen LogP) is 1.06. The molecule has 0 spiro atoms. The molecule has 3 fully saturated rings. The fraction of sp³-hybridized carbons (Fsp3) is 0.762. The normalized spacial score (nSPS) is 27.4. The van der Waals surface area contributed by atoms with Crippen molar-refractivity contribution < 1.29 is 18.0 Å². The number of likely N-dealkylation sites (tertiary alicyclic amines) is 2. The number of hydrogen-bond acceptors (Lipinski definition) is 6. The number of sulfonamides is 1. The number of aromatic nitrogens is 2. The molecule has 0 unspecified atom stereocenters. The van der Waals surface area contributed by atoms with Gasteiger partial charge in [0.05, 0.1) is 30.0 Å². The summed E-state index contributed by atoms with van der Waals surface area (Å²) in [5.41, 5.74) is 1.35. The molecule has 0 radical (unpaired) electrons. The lowest BCUT2D eigenvalue weighted by atomic mass is 9.88. The highest BCUT2D eigenvalue weighted by Crippen LogP contribution is 2.41. The minimum atomic E-state index is -3.68. The maximum atomic E-state index is 13.4. The van der Waals surface area contributed by atoms with Gasteiger partial charge in [-0.05, 0) is 44.3 Å². The number of fused-ring (bicyclic) bond motifs is 1. The maximum absolute atomic E-state index is 13.4. The summed E-state index contributed by atoms with van der Waals surface area (Å²) in [5, 5.41) is 4.47. The smallest absolute Gasteiger partial charge is 0.274 e. The van der Waals surface area contributed by atoms with Crippen LogP contribution in [0.2, 0.25) is 0 Å². The van der Waals surface area contributed by atoms with Crippen molar-refractivity contribution in [2.24, 2.45) is 18.9 Å². The zero-order valence-corrected chi connectivity index (χ0v) is 19.6. The van der Waals surface area contributed by atoms with E-state index in [1.165, 1.54) is 19.3 Å². The molecule has 3 aliphatic heterocycles. The summed E-state index contributed by atoms with van der Waals surface area (Å²) in [6, 6.07) is 0.914. The van der Waals surface area contributed by atoms with Crippen molar-refractivity contribution in [1.29, 1.82) is 0 Å². The lowest BCUT2D eigenvalue weighted by Crippen LogP contribution is -2.44. The summed E-state index contributed by atoms with van der Waals surface area (Å²) >= 11 is 0. The second-order valence-corrected chi connectivity index (χ2v) is 11.4. The fourth-order valence-corrected chi connectivity index (χ4v) is 6.69. The Bertz CT molecular complexity index is 966. The van der Waals surface area contributed by atoms with E-state index in [4.69, 9.17) is 0 Å². The lowest BCUT2D eigenvalue weighted by Gasteiger charge is -2.28. The first-order valence-corrected chi connectivity index (χ1v) is 13.0. The molecule has 10 heteroatoms. The molecule has 3 aliphatic rings. The Kier molecular flexibility index (Phi) is 5.89. The van der Waals surface area contributed by atoms with Crippen LogP contribution in [0.4, 0.5) is 0 Å². The van der Waals surface area contributed by atoms with Gasteiger partial charge in [0.2, 0.25) is 15.9 Å². The number of carbonyl (C=O) groups excluding carboxylic acids is 2. The van der Waals surface area contributed by atoms with Crippen LogP contribution in [0, 0.1) is 11.8 Å². The van der Waals surface area contributed by atoms with E-state index in [1.807, 2.05) is 27.0 Å². The first-order valence-electron chi connectivity index (χ1n) is 11.2. The number of rotatable bonds is 5. The Morgan fingerprint density at radius 3 is 2.48 bits per heavy atom. The average molecular weight is 452 g/mol. The Morgan fingerprint density at radius 2 is 1.87 bits per heavy atom. The van der Waals surface area contributed by atoms with Gasteiger partial charge in [0.15, 0.2) is 5.69 Å². The quantitative estimate of drug-likeness (QED) is 0.664. The van der Waals surface area contributed by atoms with Gasteiger partial charge in [0.1, 0.15) is 0 Å². The van der Waals surface area contributed by atoms with Crippen molar-refractivity contribution in [3.8, 4) is 0 Å². The minimum absolute atomic E-state index is 0.0708. The summed E-state index contributed by atoms with van der Waals surface area (Å²) in [7, 11) is -1.83. The molecule has 4 rings (SSSR count). The van der Waals surface area contributed by atoms with Gasteiger partial charge < -0.3 is 4.90 Å². The number of nitrogens with zero attached hydrogens (tertiary/aromatic N) is 5. The van der Waals surface area contributed by atoms with Crippen molar-refractivity contribution in [3.05, 3.63) is 17.5 Å². The molecule has 1 aromatic heterocycles. The fourth-order valence-electron chi connectivity index (χ4n) is 5.52. The first-order chi connectivity index (χ1) is 14.6. The van der Waals surface area contributed by atoms with E-state index in [9.17, 15) is 18.0 Å². The number of piperidine rings is 1. The molecule has 0 aliphatic carbocycles. The summed E-state index contributed by atoms with van der Waals surface area (Å²) in [4.78, 5) is 30.5. The van der Waals surface area contributed by atoms with Crippen molar-refractivity contribution in [2.45, 2.75) is 58.2 Å². The van der Waals surface area contributed by atoms with Crippen LogP contribution in [0.25, 0.3) is 0 Å². The van der Waals surface area contributed by atoms with Gasteiger partial charge in [-0.3, -0.25) is 19.2 Å². The van der Waals surface area contributed by atoms with Crippen molar-refractivity contribution in [1.82, 2.24) is 23.9 Å². The standard InChI is InChI=1S/C21H33N5O4S/c1-14(2)18-19-17(26(21(18)28)31(4,29)30)8-11-25(19)20(27)16-12-15(23(3)22-16)13-24-9-6-5-7-10-24/h12,14,17-19H,5-11,13H2,1-4H3/t17-,18+,19-/m0/s1. The number of amides is 2. The van der Waals surface area contributed by atoms with E-state index < -0.39 is 33.9 Å². The molecule has 0 saturated carbocycles. The van der Waals surface area contributed by atoms with Crippen LogP contribution in [0.5, 0.6) is 0 Å². The molecule has 3 atom stereocenters. The van der Waals surface area contributed by atoms with Gasteiger partial charge in [-0.25, -0.2) is 12.7 Å². The summed E-state index contributed by atoms with van der Waals surface area (Å²) in [5.74, 6) is -1.21. The second-order valence-electron chi connectivity index (χ2n) is 9.49. The number of hydrogen-bond donors (Lipinski definition) is 0. The summed E-state index contributed by atoms with van der Waals surface area (Å²) in [6.45, 7) is 7.12. The van der Waals surface area contributed by atoms with Crippen molar-refractivity contribution >= 4 is 21.8 Å². The SMILES string of the molecule is CC(C)[C@H]1C(=O)N(S(C)(=O)=O)[C@H]2CCN(C(=O)c3cc(CN4CCCCC4)n(C)n3)[C@H]12. The molecule has 0 aromatic carbocycles. The topological polar surface area (TPSA) is 95.8 Å². The Balaban J connectivity index is 1.58. The Hall–Kier alpha value is -1.94. The van der Waals surface area contributed by atoms with Crippen molar-refractivity contribution in [2.75, 3.05) is 25.9 Å². The highest BCUT2D eigenvalue weighted by Gasteiger charge is 2.58. The van der Waals surface area contributed by atoms with Crippen LogP contribution in [0.1, 0.15) is 55.7 Å². The van der Waals surface area contributed by atoms with Gasteiger partial charge in [0, 0.05) is 20.1 Å². The second kappa shape index (κ2) is 8.20. The Morgan fingerprint density at radius 1 is 1.19 bits per heavy atom. The van der Waals surface area contributed by atoms with Crippen LogP contribution in [0.3, 0.4) is 0 Å². The predicted molar refractivity (Wildman–Crippen MR) is 116 cm³/mol. The highest BCUT2D eigenvalue weighted by atomic mass is 32.2. The molecule has 31 heavy (non-hydrogen) atoms. The van der Waals surface area contributed by atoms with Gasteiger partial charge in [-0.2, -0.15) is 5.10 Å². The third kappa shape index (κ3) is 4.00. The molecule has 172 valence electrons. The van der Waals surface area contributed by atoms with E-state index in [1.54, 1.807) is 9.58 Å². The van der Waals surface area contributed by atoms with Crippen LogP contribution >= 0.6 is 0 Å². The van der Waals surface area contributed by atoms with E-state index in [0.717, 1.165) is 35.9 Å². The molecule has 4 heterocycles. The molecule has 1 aromatic rings. The van der Waals surface area contributed by atoms with E-state index in [-0.39, 0.29) is 11.8 Å². The Labute approximate surface area is 184 Å². The molecule has 9 nitrogen and oxygen atoms in total. The maximum Gasteiger partial charge on any atom is 0.274 e.